The molecule has 0 unspecified atom stereocenters. The Morgan fingerprint density at radius 2 is 0.679 bits per heavy atom. The van der Waals surface area contributed by atoms with Crippen LogP contribution >= 0.6 is 0 Å². The van der Waals surface area contributed by atoms with E-state index >= 15 is 0 Å². The van der Waals surface area contributed by atoms with Gasteiger partial charge in [-0.3, -0.25) is 0 Å². The third kappa shape index (κ3) is 34.2. The second-order valence-corrected chi connectivity index (χ2v) is 3.53. The van der Waals surface area contributed by atoms with Crippen LogP contribution in [-0.2, 0) is 43.0 Å². The van der Waals surface area contributed by atoms with Gasteiger partial charge in [-0.05, 0) is 18.2 Å². The first-order valence-electron chi connectivity index (χ1n) is 6.41. The van der Waals surface area contributed by atoms with E-state index in [0.29, 0.717) is 18.2 Å². The standard InChI is InChI=1S/3C5H6O4.Sb/c3*1-9-5(8)3-2-4(6)7;/h3*2-3H,1H3,(H,6,7);/q;;;+3/p-3/b3*3-2-;. The molecule has 0 heterocycles. The molecule has 0 aliphatic rings. The molecule has 0 aliphatic heterocycles. The van der Waals surface area contributed by atoms with Crippen LogP contribution in [0.4, 0.5) is 0 Å². The summed E-state index contributed by atoms with van der Waals surface area (Å²) in [6.07, 6.45) is 4.13. The molecular weight excluding hydrogens is 494 g/mol. The van der Waals surface area contributed by atoms with E-state index in [0.717, 1.165) is 39.6 Å². The number of carbonyl (C=O) groups excluding carboxylic acids is 6. The molecule has 0 rings (SSSR count). The first-order valence-corrected chi connectivity index (χ1v) is 6.41. The smallest absolute Gasteiger partial charge is 0.545 e. The maximum Gasteiger partial charge on any atom is 3.00 e. The number of methoxy groups -OCH3 is 3. The minimum absolute atomic E-state index is 0. The molecule has 0 aromatic carbocycles. The zero-order chi connectivity index (χ0) is 21.8. The topological polar surface area (TPSA) is 199 Å². The number of esters is 3. The number of aliphatic carboxylic acids is 3. The zero-order valence-electron chi connectivity index (χ0n) is 14.8. The van der Waals surface area contributed by atoms with Crippen molar-refractivity contribution in [1.82, 2.24) is 0 Å². The molecule has 0 bridgehead atoms. The predicted octanol–water partition coefficient (Wildman–Crippen LogP) is -4.98. The van der Waals surface area contributed by atoms with E-state index in [1.807, 2.05) is 0 Å². The summed E-state index contributed by atoms with van der Waals surface area (Å²) in [7, 11) is 3.46. The summed E-state index contributed by atoms with van der Waals surface area (Å²) in [5.74, 6) is -6.38. The van der Waals surface area contributed by atoms with E-state index in [9.17, 15) is 44.1 Å². The van der Waals surface area contributed by atoms with Crippen LogP contribution in [0.3, 0.4) is 0 Å². The van der Waals surface area contributed by atoms with Gasteiger partial charge in [0.25, 0.3) is 0 Å². The number of carbonyl (C=O) groups is 6. The SMILES string of the molecule is COC(=O)/C=C\C(=O)[O-].COC(=O)/C=C\C(=O)[O-].COC(=O)/C=C\C(=O)[O-].[Sb+3]. The average Bonchev–Trinajstić information content (AvgIpc) is 2.62. The fourth-order valence-electron chi connectivity index (χ4n) is 0.612. The number of hydrogen-bond donors (Lipinski definition) is 0. The molecule has 0 spiro atoms. The minimum Gasteiger partial charge on any atom is -0.545 e. The number of carboxylic acids is 3. The van der Waals surface area contributed by atoms with E-state index in [1.165, 1.54) is 0 Å². The molecule has 0 fully saturated rings. The van der Waals surface area contributed by atoms with E-state index < -0.39 is 35.8 Å². The average molecular weight is 509 g/mol. The van der Waals surface area contributed by atoms with Gasteiger partial charge in [-0.2, -0.15) is 0 Å². The quantitative estimate of drug-likeness (QED) is 0.143. The summed E-state index contributed by atoms with van der Waals surface area (Å²) in [4.78, 5) is 59.2. The van der Waals surface area contributed by atoms with Crippen LogP contribution in [0.15, 0.2) is 36.5 Å². The van der Waals surface area contributed by atoms with Crippen molar-refractivity contribution < 1.29 is 58.3 Å². The van der Waals surface area contributed by atoms with Crippen molar-refractivity contribution >= 4 is 60.2 Å². The van der Waals surface area contributed by atoms with E-state index in [1.54, 1.807) is 0 Å². The summed E-state index contributed by atoms with van der Waals surface area (Å²) < 4.78 is 12.3. The zero-order valence-corrected chi connectivity index (χ0v) is 17.4. The Morgan fingerprint density at radius 3 is 0.786 bits per heavy atom. The molecule has 0 aliphatic carbocycles. The molecule has 0 aromatic heterocycles. The van der Waals surface area contributed by atoms with Gasteiger partial charge in [-0.1, -0.05) is 0 Å². The van der Waals surface area contributed by atoms with Gasteiger partial charge in [0.1, 0.15) is 0 Å². The summed E-state index contributed by atoms with van der Waals surface area (Å²) in [6.45, 7) is 0. The molecule has 0 atom stereocenters. The Labute approximate surface area is 176 Å². The molecule has 13 heteroatoms. The van der Waals surface area contributed by atoms with E-state index in [-0.39, 0.29) is 24.4 Å². The summed E-state index contributed by atoms with van der Waals surface area (Å²) in [6, 6.07) is 0. The third-order valence-corrected chi connectivity index (χ3v) is 1.67. The molecule has 0 aromatic rings. The molecule has 28 heavy (non-hydrogen) atoms. The van der Waals surface area contributed by atoms with Crippen LogP contribution in [0.25, 0.3) is 0 Å². The number of carboxylic acid groups (broad SMARTS) is 3. The van der Waals surface area contributed by atoms with Crippen molar-refractivity contribution in [3.63, 3.8) is 0 Å². The van der Waals surface area contributed by atoms with E-state index in [4.69, 9.17) is 0 Å². The van der Waals surface area contributed by atoms with Gasteiger partial charge in [0, 0.05) is 18.2 Å². The Morgan fingerprint density at radius 1 is 0.500 bits per heavy atom. The van der Waals surface area contributed by atoms with Crippen molar-refractivity contribution in [3.8, 4) is 0 Å². The van der Waals surface area contributed by atoms with E-state index in [2.05, 4.69) is 14.2 Å². The van der Waals surface area contributed by atoms with Crippen LogP contribution in [0.2, 0.25) is 0 Å². The second kappa shape index (κ2) is 21.9. The van der Waals surface area contributed by atoms with Crippen molar-refractivity contribution in [1.29, 1.82) is 0 Å². The third-order valence-electron chi connectivity index (χ3n) is 1.67. The second-order valence-electron chi connectivity index (χ2n) is 3.53. The number of rotatable bonds is 6. The Kier molecular flexibility index (Phi) is 25.4. The summed E-state index contributed by atoms with van der Waals surface area (Å²) in [5.41, 5.74) is 0. The summed E-state index contributed by atoms with van der Waals surface area (Å²) >= 11 is 0. The van der Waals surface area contributed by atoms with Crippen LogP contribution < -0.4 is 15.3 Å². The first kappa shape index (κ1) is 32.5. The molecule has 0 saturated heterocycles. The fourth-order valence-corrected chi connectivity index (χ4v) is 0.612. The summed E-state index contributed by atoms with van der Waals surface area (Å²) in [5, 5.41) is 28.8. The Balaban J connectivity index is -0.000000152. The molecular formula is C15H15O12Sb. The maximum atomic E-state index is 10.1. The van der Waals surface area contributed by atoms with Gasteiger partial charge in [0.05, 0.1) is 39.2 Å². The number of hydrogen-bond acceptors (Lipinski definition) is 12. The van der Waals surface area contributed by atoms with Crippen molar-refractivity contribution in [2.24, 2.45) is 0 Å². The van der Waals surface area contributed by atoms with Gasteiger partial charge in [-0.15, -0.1) is 0 Å². The van der Waals surface area contributed by atoms with Crippen molar-refractivity contribution in [3.05, 3.63) is 36.5 Å². The molecule has 0 N–H and O–H groups in total. The molecule has 0 amide bonds. The van der Waals surface area contributed by atoms with Crippen LogP contribution in [-0.4, -0.2) is 81.6 Å². The maximum absolute atomic E-state index is 10.1. The van der Waals surface area contributed by atoms with Gasteiger partial charge in [-0.25, -0.2) is 14.4 Å². The predicted molar refractivity (Wildman–Crippen MR) is 84.2 cm³/mol. The van der Waals surface area contributed by atoms with Gasteiger partial charge in [0.15, 0.2) is 0 Å². The Hall–Kier alpha value is -3.14. The van der Waals surface area contributed by atoms with Crippen LogP contribution in [0.1, 0.15) is 0 Å². The Bertz CT molecular complexity index is 533. The molecule has 12 nitrogen and oxygen atoms in total. The van der Waals surface area contributed by atoms with Crippen molar-refractivity contribution in [2.75, 3.05) is 21.3 Å². The normalized spacial score (nSPS) is 9.11. The molecule has 0 saturated carbocycles. The van der Waals surface area contributed by atoms with Crippen LogP contribution in [0, 0.1) is 0 Å². The monoisotopic (exact) mass is 508 g/mol. The van der Waals surface area contributed by atoms with Crippen LogP contribution in [0.5, 0.6) is 0 Å². The fraction of sp³-hybridized carbons (Fsp3) is 0.200. The van der Waals surface area contributed by atoms with Gasteiger partial charge >= 0.3 is 42.3 Å². The largest absolute Gasteiger partial charge is 3.00 e. The minimum atomic E-state index is -1.42. The molecule has 2 radical (unpaired) electrons. The first-order chi connectivity index (χ1) is 12.5. The van der Waals surface area contributed by atoms with Gasteiger partial charge in [0.2, 0.25) is 0 Å². The number of ether oxygens (including phenoxy) is 3. The van der Waals surface area contributed by atoms with Crippen molar-refractivity contribution in [2.45, 2.75) is 0 Å². The van der Waals surface area contributed by atoms with Gasteiger partial charge < -0.3 is 43.9 Å². The molecule has 152 valence electrons.